The Bertz CT molecular complexity index is 401. The van der Waals surface area contributed by atoms with Crippen molar-refractivity contribution in [3.63, 3.8) is 0 Å². The quantitative estimate of drug-likeness (QED) is 0.457. The lowest BCUT2D eigenvalue weighted by Gasteiger charge is -2.17. The van der Waals surface area contributed by atoms with Crippen LogP contribution in [0.5, 0.6) is 5.75 Å². The summed E-state index contributed by atoms with van der Waals surface area (Å²) in [6.45, 7) is 7.98. The van der Waals surface area contributed by atoms with Crippen LogP contribution in [0.2, 0.25) is 25.7 Å². The van der Waals surface area contributed by atoms with Crippen LogP contribution in [-0.4, -0.2) is 24.0 Å². The number of hydrogen-bond acceptors (Lipinski definition) is 4. The highest BCUT2D eigenvalue weighted by molar-refractivity contribution is 6.69. The second-order valence-corrected chi connectivity index (χ2v) is 10.3. The molecule has 1 aromatic carbocycles. The molecule has 0 aromatic heterocycles. The van der Waals surface area contributed by atoms with E-state index >= 15 is 0 Å². The minimum Gasteiger partial charge on any atom is -0.513 e. The smallest absolute Gasteiger partial charge is 0.328 e. The molecule has 0 N–H and O–H groups in total. The first kappa shape index (κ1) is 14.9. The van der Waals surface area contributed by atoms with Crippen molar-refractivity contribution in [2.24, 2.45) is 0 Å². The van der Waals surface area contributed by atoms with E-state index < -0.39 is 8.32 Å². The van der Waals surface area contributed by atoms with Gasteiger partial charge in [-0.15, -0.1) is 0 Å². The van der Waals surface area contributed by atoms with Crippen molar-refractivity contribution in [2.75, 3.05) is 0 Å². The Balaban J connectivity index is 2.76. The maximum Gasteiger partial charge on any atom is 0.328 e. The largest absolute Gasteiger partial charge is 0.513 e. The standard InChI is InChI=1S/C12H18O4Si2/c1-5-17-15-12(13)10-8-6-7-9-11(10)14-16-18(2,3)4/h6-9H,5H2,1-4H3. The molecule has 0 unspecified atom stereocenters. The summed E-state index contributed by atoms with van der Waals surface area (Å²) in [4.78, 5) is 17.1. The summed E-state index contributed by atoms with van der Waals surface area (Å²) in [5.74, 6) is 0.0378. The molecule has 0 fully saturated rings. The van der Waals surface area contributed by atoms with E-state index in [9.17, 15) is 4.79 Å². The Morgan fingerprint density at radius 2 is 1.94 bits per heavy atom. The molecule has 0 aliphatic heterocycles. The molecule has 18 heavy (non-hydrogen) atoms. The van der Waals surface area contributed by atoms with Crippen LogP contribution in [0.1, 0.15) is 17.3 Å². The number of hydrogen-bond donors (Lipinski definition) is 0. The van der Waals surface area contributed by atoms with Gasteiger partial charge in [0, 0.05) is 0 Å². The average Bonchev–Trinajstić information content (AvgIpc) is 2.33. The zero-order valence-corrected chi connectivity index (χ0v) is 13.1. The van der Waals surface area contributed by atoms with Gasteiger partial charge in [0.15, 0.2) is 5.75 Å². The van der Waals surface area contributed by atoms with Crippen LogP contribution in [-0.2, 0) is 9.00 Å². The Labute approximate surface area is 111 Å². The summed E-state index contributed by atoms with van der Waals surface area (Å²) >= 11 is 0. The van der Waals surface area contributed by atoms with Gasteiger partial charge in [0.2, 0.25) is 8.32 Å². The van der Waals surface area contributed by atoms with Gasteiger partial charge in [-0.05, 0) is 37.8 Å². The molecule has 4 nitrogen and oxygen atoms in total. The maximum absolute atomic E-state index is 11.8. The zero-order chi connectivity index (χ0) is 13.6. The predicted molar refractivity (Wildman–Crippen MR) is 73.2 cm³/mol. The van der Waals surface area contributed by atoms with Gasteiger partial charge in [-0.3, -0.25) is 0 Å². The molecule has 0 aliphatic carbocycles. The summed E-state index contributed by atoms with van der Waals surface area (Å²) < 4.78 is 10.5. The summed E-state index contributed by atoms with van der Waals surface area (Å²) in [7, 11) is -1.62. The lowest BCUT2D eigenvalue weighted by Crippen LogP contribution is -2.27. The van der Waals surface area contributed by atoms with Crippen molar-refractivity contribution in [1.82, 2.24) is 0 Å². The second-order valence-electron chi connectivity index (χ2n) is 4.66. The highest BCUT2D eigenvalue weighted by Gasteiger charge is 2.20. The fraction of sp³-hybridized carbons (Fsp3) is 0.417. The lowest BCUT2D eigenvalue weighted by molar-refractivity contribution is -0.112. The van der Waals surface area contributed by atoms with Crippen LogP contribution in [0.4, 0.5) is 0 Å². The van der Waals surface area contributed by atoms with Crippen LogP contribution in [0.15, 0.2) is 24.3 Å². The third kappa shape index (κ3) is 5.03. The fourth-order valence-corrected chi connectivity index (χ4v) is 1.80. The molecule has 98 valence electrons. The van der Waals surface area contributed by atoms with Gasteiger partial charge < -0.3 is 9.31 Å². The van der Waals surface area contributed by atoms with E-state index in [0.717, 1.165) is 6.04 Å². The fourth-order valence-electron chi connectivity index (χ4n) is 1.07. The molecule has 0 atom stereocenters. The molecule has 0 saturated carbocycles. The van der Waals surface area contributed by atoms with Crippen LogP contribution in [0.3, 0.4) is 0 Å². The van der Waals surface area contributed by atoms with Crippen LogP contribution in [0.25, 0.3) is 0 Å². The molecule has 1 rings (SSSR count). The third-order valence-electron chi connectivity index (χ3n) is 1.80. The molecule has 0 amide bonds. The first-order valence-corrected chi connectivity index (χ1v) is 10.3. The number of para-hydroxylation sites is 1. The van der Waals surface area contributed by atoms with Gasteiger partial charge in [0.05, 0.1) is 0 Å². The highest BCUT2D eigenvalue weighted by Crippen LogP contribution is 2.20. The molecule has 0 spiro atoms. The van der Waals surface area contributed by atoms with Gasteiger partial charge >= 0.3 is 15.7 Å². The van der Waals surface area contributed by atoms with Crippen molar-refractivity contribution in [3.05, 3.63) is 29.8 Å². The molecule has 0 saturated heterocycles. The first-order valence-electron chi connectivity index (χ1n) is 5.83. The van der Waals surface area contributed by atoms with Crippen molar-refractivity contribution in [1.29, 1.82) is 0 Å². The van der Waals surface area contributed by atoms with Gasteiger partial charge in [0.1, 0.15) is 5.56 Å². The van der Waals surface area contributed by atoms with Gasteiger partial charge in [-0.25, -0.2) is 9.37 Å². The summed E-state index contributed by atoms with van der Waals surface area (Å²) in [5, 5.41) is 0. The Hall–Kier alpha value is -1.12. The van der Waals surface area contributed by atoms with E-state index in [4.69, 9.17) is 13.9 Å². The second kappa shape index (κ2) is 6.72. The molecular weight excluding hydrogens is 264 g/mol. The molecule has 6 heteroatoms. The number of carbonyl (C=O) groups is 1. The number of carbonyl (C=O) groups excluding carboxylic acids is 1. The Morgan fingerprint density at radius 1 is 1.28 bits per heavy atom. The van der Waals surface area contributed by atoms with Gasteiger partial charge in [-0.1, -0.05) is 19.1 Å². The van der Waals surface area contributed by atoms with Crippen LogP contribution >= 0.6 is 0 Å². The van der Waals surface area contributed by atoms with Crippen molar-refractivity contribution >= 4 is 24.0 Å². The molecule has 0 aliphatic rings. The van der Waals surface area contributed by atoms with Crippen molar-refractivity contribution in [2.45, 2.75) is 32.6 Å². The summed E-state index contributed by atoms with van der Waals surface area (Å²) in [6.07, 6.45) is 0. The molecular formula is C12H18O4Si2. The van der Waals surface area contributed by atoms with Crippen LogP contribution in [0, 0.1) is 0 Å². The monoisotopic (exact) mass is 282 g/mol. The minimum atomic E-state index is -1.80. The van der Waals surface area contributed by atoms with E-state index in [-0.39, 0.29) is 15.7 Å². The number of benzene rings is 1. The molecule has 0 heterocycles. The van der Waals surface area contributed by atoms with Crippen LogP contribution < -0.4 is 4.89 Å². The van der Waals surface area contributed by atoms with E-state index in [2.05, 4.69) is 0 Å². The molecule has 1 aromatic rings. The zero-order valence-electron chi connectivity index (χ0n) is 11.1. The Kier molecular flexibility index (Phi) is 5.58. The summed E-state index contributed by atoms with van der Waals surface area (Å²) in [5.41, 5.74) is 0.400. The van der Waals surface area contributed by atoms with Crippen molar-refractivity contribution in [3.8, 4) is 5.75 Å². The van der Waals surface area contributed by atoms with E-state index in [1.165, 1.54) is 0 Å². The molecule has 2 radical (unpaired) electrons. The average molecular weight is 282 g/mol. The first-order chi connectivity index (χ1) is 8.44. The maximum atomic E-state index is 11.8. The van der Waals surface area contributed by atoms with Gasteiger partial charge in [-0.2, -0.15) is 0 Å². The lowest BCUT2D eigenvalue weighted by atomic mass is 10.2. The predicted octanol–water partition coefficient (Wildman–Crippen LogP) is 3.05. The van der Waals surface area contributed by atoms with E-state index in [1.54, 1.807) is 24.3 Å². The van der Waals surface area contributed by atoms with E-state index in [0.29, 0.717) is 11.3 Å². The van der Waals surface area contributed by atoms with Crippen molar-refractivity contribution < 1.29 is 18.7 Å². The SMILES string of the molecule is CC[Si]OC(=O)c1ccccc1OO[Si](C)(C)C. The molecule has 0 bridgehead atoms. The van der Waals surface area contributed by atoms with Gasteiger partial charge in [0.25, 0.3) is 0 Å². The minimum absolute atomic E-state index is 0.171. The summed E-state index contributed by atoms with van der Waals surface area (Å²) in [6, 6.07) is 7.76. The topological polar surface area (TPSA) is 44.8 Å². The van der Waals surface area contributed by atoms with E-state index in [1.807, 2.05) is 26.6 Å². The Morgan fingerprint density at radius 3 is 2.56 bits per heavy atom. The normalized spacial score (nSPS) is 11.1. The highest BCUT2D eigenvalue weighted by atomic mass is 28.4. The number of rotatable bonds is 6. The third-order valence-corrected chi connectivity index (χ3v) is 3.00.